The van der Waals surface area contributed by atoms with Crippen molar-refractivity contribution in [1.82, 2.24) is 4.98 Å². The summed E-state index contributed by atoms with van der Waals surface area (Å²) >= 11 is 11.6. The molecule has 0 spiro atoms. The molecule has 0 aliphatic rings. The Morgan fingerprint density at radius 1 is 1.22 bits per heavy atom. The van der Waals surface area contributed by atoms with E-state index in [0.29, 0.717) is 10.7 Å². The van der Waals surface area contributed by atoms with E-state index in [1.807, 2.05) is 31.2 Å². The maximum Gasteiger partial charge on any atom is 0.258 e. The first-order chi connectivity index (χ1) is 8.56. The van der Waals surface area contributed by atoms with Gasteiger partial charge in [-0.2, -0.15) is 0 Å². The molecular formula is C13H10Cl2N2O. The van der Waals surface area contributed by atoms with Gasteiger partial charge in [-0.15, -0.1) is 0 Å². The van der Waals surface area contributed by atoms with E-state index in [1.54, 1.807) is 0 Å². The van der Waals surface area contributed by atoms with Gasteiger partial charge in [0.15, 0.2) is 0 Å². The molecule has 0 radical (unpaired) electrons. The Hall–Kier alpha value is -1.58. The number of hydrogen-bond acceptors (Lipinski definition) is 2. The standard InChI is InChI=1S/C13H10Cl2N2O/c1-8-2-4-10(5-3-8)17-13(18)11-6-9(14)7-16-12(11)15/h2-7H,1H3,(H,17,18). The SMILES string of the molecule is Cc1ccc(NC(=O)c2cc(Cl)cnc2Cl)cc1. The topological polar surface area (TPSA) is 42.0 Å². The number of rotatable bonds is 2. The van der Waals surface area contributed by atoms with E-state index < -0.39 is 0 Å². The van der Waals surface area contributed by atoms with E-state index in [4.69, 9.17) is 23.2 Å². The second kappa shape index (κ2) is 5.38. The third-order valence-corrected chi connectivity index (χ3v) is 2.87. The molecule has 1 N–H and O–H groups in total. The van der Waals surface area contributed by atoms with Crippen LogP contribution in [0.25, 0.3) is 0 Å². The number of amides is 1. The minimum atomic E-state index is -0.334. The number of benzene rings is 1. The van der Waals surface area contributed by atoms with Crippen molar-refractivity contribution in [3.63, 3.8) is 0 Å². The molecule has 1 heterocycles. The maximum absolute atomic E-state index is 12.0. The average molecular weight is 281 g/mol. The second-order valence-corrected chi connectivity index (χ2v) is 4.61. The third kappa shape index (κ3) is 3.00. The van der Waals surface area contributed by atoms with Gasteiger partial charge in [0.1, 0.15) is 5.15 Å². The highest BCUT2D eigenvalue weighted by molar-refractivity contribution is 6.35. The summed E-state index contributed by atoms with van der Waals surface area (Å²) in [5.41, 5.74) is 2.07. The molecule has 0 saturated carbocycles. The van der Waals surface area contributed by atoms with Crippen LogP contribution in [0.4, 0.5) is 5.69 Å². The van der Waals surface area contributed by atoms with E-state index in [1.165, 1.54) is 12.3 Å². The molecule has 0 aliphatic heterocycles. The maximum atomic E-state index is 12.0. The van der Waals surface area contributed by atoms with Crippen molar-refractivity contribution in [2.45, 2.75) is 6.92 Å². The van der Waals surface area contributed by atoms with E-state index in [0.717, 1.165) is 5.56 Å². The Labute approximate surface area is 115 Å². The molecule has 0 fully saturated rings. The smallest absolute Gasteiger partial charge is 0.258 e. The Bertz CT molecular complexity index is 582. The lowest BCUT2D eigenvalue weighted by atomic mass is 10.2. The molecule has 1 aromatic carbocycles. The van der Waals surface area contributed by atoms with Gasteiger partial charge in [0.25, 0.3) is 5.91 Å². The monoisotopic (exact) mass is 280 g/mol. The fraction of sp³-hybridized carbons (Fsp3) is 0.0769. The van der Waals surface area contributed by atoms with Crippen molar-refractivity contribution in [3.05, 3.63) is 57.8 Å². The Balaban J connectivity index is 2.21. The molecule has 0 aliphatic carbocycles. The number of anilines is 1. The first-order valence-corrected chi connectivity index (χ1v) is 6.01. The summed E-state index contributed by atoms with van der Waals surface area (Å²) in [5, 5.41) is 3.23. The van der Waals surface area contributed by atoms with Crippen LogP contribution >= 0.6 is 23.2 Å². The molecule has 1 aromatic heterocycles. The quantitative estimate of drug-likeness (QED) is 0.847. The van der Waals surface area contributed by atoms with Gasteiger partial charge in [-0.25, -0.2) is 4.98 Å². The lowest BCUT2D eigenvalue weighted by molar-refractivity contribution is 0.102. The van der Waals surface area contributed by atoms with Gasteiger partial charge in [-0.1, -0.05) is 40.9 Å². The summed E-state index contributed by atoms with van der Waals surface area (Å²) in [4.78, 5) is 15.8. The van der Waals surface area contributed by atoms with Gasteiger partial charge in [-0.05, 0) is 25.1 Å². The molecule has 1 amide bonds. The number of nitrogens with one attached hydrogen (secondary N) is 1. The van der Waals surface area contributed by atoms with Crippen LogP contribution in [0, 0.1) is 6.92 Å². The fourth-order valence-corrected chi connectivity index (χ4v) is 1.76. The predicted octanol–water partition coefficient (Wildman–Crippen LogP) is 3.95. The number of nitrogens with zero attached hydrogens (tertiary/aromatic N) is 1. The Morgan fingerprint density at radius 3 is 2.56 bits per heavy atom. The van der Waals surface area contributed by atoms with Gasteiger partial charge < -0.3 is 5.32 Å². The highest BCUT2D eigenvalue weighted by Crippen LogP contribution is 2.19. The first-order valence-electron chi connectivity index (χ1n) is 5.25. The van der Waals surface area contributed by atoms with Gasteiger partial charge in [-0.3, -0.25) is 4.79 Å². The van der Waals surface area contributed by atoms with E-state index in [9.17, 15) is 4.79 Å². The summed E-state index contributed by atoms with van der Waals surface area (Å²) < 4.78 is 0. The van der Waals surface area contributed by atoms with Crippen molar-refractivity contribution >= 4 is 34.8 Å². The molecule has 2 rings (SSSR count). The van der Waals surface area contributed by atoms with Gasteiger partial charge in [0.05, 0.1) is 10.6 Å². The summed E-state index contributed by atoms with van der Waals surface area (Å²) in [6.07, 6.45) is 1.40. The van der Waals surface area contributed by atoms with Crippen LogP contribution in [0.3, 0.4) is 0 Å². The molecule has 0 atom stereocenters. The zero-order valence-corrected chi connectivity index (χ0v) is 11.1. The van der Waals surface area contributed by atoms with Crippen LogP contribution in [-0.2, 0) is 0 Å². The van der Waals surface area contributed by atoms with Crippen LogP contribution in [0.15, 0.2) is 36.5 Å². The number of aryl methyl sites for hydroxylation is 1. The second-order valence-electron chi connectivity index (χ2n) is 3.81. The minimum Gasteiger partial charge on any atom is -0.322 e. The summed E-state index contributed by atoms with van der Waals surface area (Å²) in [7, 11) is 0. The summed E-state index contributed by atoms with van der Waals surface area (Å²) in [6, 6.07) is 8.94. The molecule has 0 saturated heterocycles. The number of aromatic nitrogens is 1. The molecular weight excluding hydrogens is 271 g/mol. The number of pyridine rings is 1. The molecule has 5 heteroatoms. The zero-order valence-electron chi connectivity index (χ0n) is 9.58. The largest absolute Gasteiger partial charge is 0.322 e. The number of halogens is 2. The van der Waals surface area contributed by atoms with Crippen LogP contribution in [0.1, 0.15) is 15.9 Å². The fourth-order valence-electron chi connectivity index (χ4n) is 1.42. The van der Waals surface area contributed by atoms with Gasteiger partial charge in [0, 0.05) is 11.9 Å². The van der Waals surface area contributed by atoms with Crippen molar-refractivity contribution in [1.29, 1.82) is 0 Å². The van der Waals surface area contributed by atoms with Crippen molar-refractivity contribution in [3.8, 4) is 0 Å². The number of carbonyl (C=O) groups excluding carboxylic acids is 1. The van der Waals surface area contributed by atoms with Crippen molar-refractivity contribution in [2.24, 2.45) is 0 Å². The predicted molar refractivity (Wildman–Crippen MR) is 73.4 cm³/mol. The van der Waals surface area contributed by atoms with E-state index >= 15 is 0 Å². The molecule has 3 nitrogen and oxygen atoms in total. The van der Waals surface area contributed by atoms with Crippen molar-refractivity contribution in [2.75, 3.05) is 5.32 Å². The highest BCUT2D eigenvalue weighted by Gasteiger charge is 2.12. The molecule has 18 heavy (non-hydrogen) atoms. The van der Waals surface area contributed by atoms with Crippen LogP contribution in [0.2, 0.25) is 10.2 Å². The molecule has 2 aromatic rings. The van der Waals surface area contributed by atoms with Crippen LogP contribution < -0.4 is 5.32 Å². The molecule has 92 valence electrons. The summed E-state index contributed by atoms with van der Waals surface area (Å²) in [5.74, 6) is -0.334. The highest BCUT2D eigenvalue weighted by atomic mass is 35.5. The number of hydrogen-bond donors (Lipinski definition) is 1. The third-order valence-electron chi connectivity index (χ3n) is 2.36. The lowest BCUT2D eigenvalue weighted by Gasteiger charge is -2.06. The van der Waals surface area contributed by atoms with Gasteiger partial charge >= 0.3 is 0 Å². The van der Waals surface area contributed by atoms with E-state index in [-0.39, 0.29) is 16.6 Å². The Morgan fingerprint density at radius 2 is 1.89 bits per heavy atom. The minimum absolute atomic E-state index is 0.129. The van der Waals surface area contributed by atoms with Crippen LogP contribution in [-0.4, -0.2) is 10.9 Å². The van der Waals surface area contributed by atoms with Crippen molar-refractivity contribution < 1.29 is 4.79 Å². The summed E-state index contributed by atoms with van der Waals surface area (Å²) in [6.45, 7) is 1.98. The van der Waals surface area contributed by atoms with Crippen LogP contribution in [0.5, 0.6) is 0 Å². The lowest BCUT2D eigenvalue weighted by Crippen LogP contribution is -2.13. The molecule has 0 unspecified atom stereocenters. The first kappa shape index (κ1) is 12.9. The number of carbonyl (C=O) groups is 1. The molecule has 0 bridgehead atoms. The normalized spacial score (nSPS) is 10.2. The van der Waals surface area contributed by atoms with E-state index in [2.05, 4.69) is 10.3 Å². The Kier molecular flexibility index (Phi) is 3.84. The zero-order chi connectivity index (χ0) is 13.1. The average Bonchev–Trinajstić information content (AvgIpc) is 2.35. The van der Waals surface area contributed by atoms with Gasteiger partial charge in [0.2, 0.25) is 0 Å².